The van der Waals surface area contributed by atoms with Crippen LogP contribution in [-0.4, -0.2) is 74.3 Å². The second-order valence-electron chi connectivity index (χ2n) is 22.6. The topological polar surface area (TPSA) is 111 Å². The second kappa shape index (κ2) is 56.5. The van der Waals surface area contributed by atoms with Gasteiger partial charge in [-0.1, -0.05) is 260 Å². The number of nitrogens with zero attached hydrogens (tertiary/aromatic N) is 1. The van der Waals surface area contributed by atoms with E-state index < -0.39 is 20.0 Å². The molecular formula is C67H122N2O7P+. The molecule has 77 heavy (non-hydrogen) atoms. The molecule has 446 valence electrons. The predicted molar refractivity (Wildman–Crippen MR) is 332 cm³/mol. The summed E-state index contributed by atoms with van der Waals surface area (Å²) in [6.45, 7) is 6.84. The Kier molecular flexibility index (Phi) is 54.4. The summed E-state index contributed by atoms with van der Waals surface area (Å²) in [4.78, 5) is 37.7. The van der Waals surface area contributed by atoms with Gasteiger partial charge in [-0.05, 0) is 89.5 Å². The first-order valence-electron chi connectivity index (χ1n) is 31.9. The molecule has 0 saturated heterocycles. The molecule has 0 aromatic heterocycles. The highest BCUT2D eigenvalue weighted by molar-refractivity contribution is 7.47. The lowest BCUT2D eigenvalue weighted by Gasteiger charge is -2.27. The average molecular weight is 1100 g/mol. The zero-order valence-electron chi connectivity index (χ0n) is 50.9. The average Bonchev–Trinajstić information content (AvgIpc) is 3.39. The summed E-state index contributed by atoms with van der Waals surface area (Å²) in [5.41, 5.74) is 0. The molecule has 0 heterocycles. The van der Waals surface area contributed by atoms with Crippen molar-refractivity contribution in [3.63, 3.8) is 0 Å². The molecule has 1 amide bonds. The van der Waals surface area contributed by atoms with Gasteiger partial charge in [-0.3, -0.25) is 18.6 Å². The molecule has 0 radical (unpaired) electrons. The van der Waals surface area contributed by atoms with E-state index in [-0.39, 0.29) is 31.5 Å². The van der Waals surface area contributed by atoms with Gasteiger partial charge in [-0.15, -0.1) is 0 Å². The maximum Gasteiger partial charge on any atom is 0.472 e. The molecule has 0 aliphatic rings. The number of ether oxygens (including phenoxy) is 1. The van der Waals surface area contributed by atoms with E-state index in [9.17, 15) is 19.0 Å². The van der Waals surface area contributed by atoms with Gasteiger partial charge in [-0.25, -0.2) is 4.57 Å². The Morgan fingerprint density at radius 2 is 0.883 bits per heavy atom. The van der Waals surface area contributed by atoms with Crippen LogP contribution in [0.4, 0.5) is 0 Å². The Morgan fingerprint density at radius 1 is 0.481 bits per heavy atom. The van der Waals surface area contributed by atoms with Crippen LogP contribution in [0.25, 0.3) is 0 Å². The highest BCUT2D eigenvalue weighted by atomic mass is 31.2. The summed E-state index contributed by atoms with van der Waals surface area (Å²) in [7, 11) is 1.48. The molecule has 3 atom stereocenters. The number of carbonyl (C=O) groups is 2. The van der Waals surface area contributed by atoms with Gasteiger partial charge in [0.25, 0.3) is 0 Å². The van der Waals surface area contributed by atoms with Gasteiger partial charge in [0.1, 0.15) is 19.3 Å². The number of esters is 1. The number of phosphoric acid groups is 1. The van der Waals surface area contributed by atoms with Gasteiger partial charge >= 0.3 is 13.8 Å². The van der Waals surface area contributed by atoms with Gasteiger partial charge in [0.05, 0.1) is 33.8 Å². The summed E-state index contributed by atoms with van der Waals surface area (Å²) in [5.74, 6) is -0.529. The van der Waals surface area contributed by atoms with Crippen LogP contribution < -0.4 is 5.32 Å². The minimum atomic E-state index is -4.45. The molecule has 0 fully saturated rings. The van der Waals surface area contributed by atoms with Crippen molar-refractivity contribution in [3.8, 4) is 0 Å². The lowest BCUT2D eigenvalue weighted by molar-refractivity contribution is -0.870. The number of carbonyl (C=O) groups excluding carboxylic acids is 2. The van der Waals surface area contributed by atoms with E-state index >= 15 is 0 Å². The molecule has 0 aromatic rings. The standard InChI is InChI=1S/C67H121N2O7P/c1-7-10-13-16-19-22-25-27-28-29-30-31-32-33-34-35-36-37-38-39-40-42-44-47-50-53-56-59-66(70)68-64(63-75-77(72,73)74-62-61-69(4,5)6)65(58-55-52-49-46-43-24-21-18-15-12-9-3)76-67(71)60-57-54-51-48-45-41-26-23-20-17-14-11-8-2/h11,14,17,19-20,22-23,26-28,30-31,55,58,64-65H,7-10,12-13,15-16,18,21,24-25,29,32-54,56-57,59-63H2,1-6H3,(H-,68,70,72,73)/p+1/b14-11+,20-17+,22-19-,26-23-,28-27-,31-30-,58-55-. The van der Waals surface area contributed by atoms with Gasteiger partial charge in [0, 0.05) is 12.8 Å². The number of unbranched alkanes of at least 4 members (excludes halogenated alkanes) is 31. The molecule has 10 heteroatoms. The Bertz CT molecular complexity index is 1590. The minimum Gasteiger partial charge on any atom is -0.456 e. The fourth-order valence-electron chi connectivity index (χ4n) is 8.95. The van der Waals surface area contributed by atoms with Crippen molar-refractivity contribution < 1.29 is 37.3 Å². The summed E-state index contributed by atoms with van der Waals surface area (Å²) in [5, 5.41) is 3.05. The molecule has 0 spiro atoms. The number of likely N-dealkylation sites (N-methyl/N-ethyl adjacent to an activating group) is 1. The van der Waals surface area contributed by atoms with E-state index in [2.05, 4.69) is 99.0 Å². The maximum absolute atomic E-state index is 13.5. The maximum atomic E-state index is 13.5. The lowest BCUT2D eigenvalue weighted by atomic mass is 10.0. The monoisotopic (exact) mass is 1100 g/mol. The fraction of sp³-hybridized carbons (Fsp3) is 0.761. The van der Waals surface area contributed by atoms with Crippen molar-refractivity contribution in [2.75, 3.05) is 40.9 Å². The Morgan fingerprint density at radius 3 is 1.38 bits per heavy atom. The molecule has 2 N–H and O–H groups in total. The van der Waals surface area contributed by atoms with Crippen molar-refractivity contribution >= 4 is 19.7 Å². The van der Waals surface area contributed by atoms with Gasteiger partial charge in [0.15, 0.2) is 0 Å². The first-order chi connectivity index (χ1) is 37.4. The van der Waals surface area contributed by atoms with Crippen LogP contribution >= 0.6 is 7.82 Å². The zero-order valence-corrected chi connectivity index (χ0v) is 51.8. The number of quaternary nitrogens is 1. The highest BCUT2D eigenvalue weighted by Crippen LogP contribution is 2.43. The Labute approximate surface area is 476 Å². The number of hydrogen-bond donors (Lipinski definition) is 2. The number of allylic oxidation sites excluding steroid dienone is 13. The number of phosphoric ester groups is 1. The van der Waals surface area contributed by atoms with Gasteiger partial charge < -0.3 is 19.4 Å². The first-order valence-corrected chi connectivity index (χ1v) is 33.4. The predicted octanol–water partition coefficient (Wildman–Crippen LogP) is 19.8. The number of hydrogen-bond acceptors (Lipinski definition) is 6. The van der Waals surface area contributed by atoms with Crippen LogP contribution in [0.15, 0.2) is 85.1 Å². The van der Waals surface area contributed by atoms with Crippen LogP contribution in [0.3, 0.4) is 0 Å². The number of amides is 1. The van der Waals surface area contributed by atoms with Crippen molar-refractivity contribution in [1.82, 2.24) is 5.32 Å². The first kappa shape index (κ1) is 74.2. The van der Waals surface area contributed by atoms with Crippen molar-refractivity contribution in [3.05, 3.63) is 85.1 Å². The molecule has 0 aromatic carbocycles. The van der Waals surface area contributed by atoms with Crippen LogP contribution in [-0.2, 0) is 27.9 Å². The van der Waals surface area contributed by atoms with E-state index in [1.54, 1.807) is 0 Å². The second-order valence-corrected chi connectivity index (χ2v) is 24.1. The highest BCUT2D eigenvalue weighted by Gasteiger charge is 2.30. The van der Waals surface area contributed by atoms with E-state index in [4.69, 9.17) is 13.8 Å². The van der Waals surface area contributed by atoms with Crippen LogP contribution in [0.1, 0.15) is 278 Å². The number of nitrogens with one attached hydrogen (secondary N) is 1. The van der Waals surface area contributed by atoms with Crippen molar-refractivity contribution in [2.24, 2.45) is 0 Å². The molecule has 0 bridgehead atoms. The normalized spacial score (nSPS) is 14.2. The quantitative estimate of drug-likeness (QED) is 0.0156. The smallest absolute Gasteiger partial charge is 0.456 e. The lowest BCUT2D eigenvalue weighted by Crippen LogP contribution is -2.47. The number of rotatable bonds is 57. The van der Waals surface area contributed by atoms with Crippen LogP contribution in [0.5, 0.6) is 0 Å². The molecule has 3 unspecified atom stereocenters. The van der Waals surface area contributed by atoms with Crippen LogP contribution in [0.2, 0.25) is 0 Å². The Balaban J connectivity index is 5.02. The molecule has 0 aliphatic heterocycles. The molecule has 0 saturated carbocycles. The fourth-order valence-corrected chi connectivity index (χ4v) is 9.68. The Hall–Kier alpha value is -2.81. The van der Waals surface area contributed by atoms with Crippen molar-refractivity contribution in [2.45, 2.75) is 290 Å². The largest absolute Gasteiger partial charge is 0.472 e. The minimum absolute atomic E-state index is 0.0339. The summed E-state index contributed by atoms with van der Waals surface area (Å²) in [6, 6.07) is -0.860. The van der Waals surface area contributed by atoms with E-state index in [1.807, 2.05) is 33.3 Å². The molecular weight excluding hydrogens is 976 g/mol. The van der Waals surface area contributed by atoms with E-state index in [0.29, 0.717) is 23.9 Å². The van der Waals surface area contributed by atoms with Crippen molar-refractivity contribution in [1.29, 1.82) is 0 Å². The third-order valence-electron chi connectivity index (χ3n) is 13.9. The van der Waals surface area contributed by atoms with Gasteiger partial charge in [0.2, 0.25) is 5.91 Å². The summed E-state index contributed by atoms with van der Waals surface area (Å²) < 4.78 is 30.6. The molecule has 9 nitrogen and oxygen atoms in total. The van der Waals surface area contributed by atoms with E-state index in [1.165, 1.54) is 148 Å². The zero-order chi connectivity index (χ0) is 56.4. The van der Waals surface area contributed by atoms with Gasteiger partial charge in [-0.2, -0.15) is 0 Å². The SMILES string of the molecule is CC/C=C/C=C/C=C\CCCCCCCC(=O)OC(/C=C\CCCCCCCCCCC)C(COP(=O)(O)OCC[N+](C)(C)C)NC(=O)CCCCCCCCCCCCCCCC/C=C\C/C=C\C/C=C\CCCCC. The summed E-state index contributed by atoms with van der Waals surface area (Å²) in [6.07, 6.45) is 74.5. The van der Waals surface area contributed by atoms with Crippen LogP contribution in [0, 0.1) is 0 Å². The summed E-state index contributed by atoms with van der Waals surface area (Å²) >= 11 is 0. The van der Waals surface area contributed by atoms with E-state index in [0.717, 1.165) is 89.9 Å². The third-order valence-corrected chi connectivity index (χ3v) is 14.9. The third kappa shape index (κ3) is 57.7. The molecule has 0 aliphatic carbocycles. The molecule has 0 rings (SSSR count).